The van der Waals surface area contributed by atoms with Crippen LogP contribution in [0.2, 0.25) is 0 Å². The van der Waals surface area contributed by atoms with Crippen LogP contribution < -0.4 is 9.47 Å². The van der Waals surface area contributed by atoms with Crippen molar-refractivity contribution in [3.8, 4) is 11.6 Å². The molecule has 0 unspecified atom stereocenters. The number of methoxy groups -OCH3 is 1. The van der Waals surface area contributed by atoms with E-state index in [2.05, 4.69) is 14.5 Å². The van der Waals surface area contributed by atoms with Crippen molar-refractivity contribution < 1.29 is 27.4 Å². The Hall–Kier alpha value is -1.50. The van der Waals surface area contributed by atoms with Crippen molar-refractivity contribution in [1.82, 2.24) is 4.98 Å². The molecular weight excluding hydrogens is 263 g/mol. The van der Waals surface area contributed by atoms with Gasteiger partial charge in [0.25, 0.3) is 11.1 Å². The molecule has 1 rings (SSSR count). The van der Waals surface area contributed by atoms with Crippen molar-refractivity contribution in [3.05, 3.63) is 17.3 Å². The SMILES string of the molecule is COc1nc(C(=O)Cl)c(C)cc1OC(F)(F)F. The van der Waals surface area contributed by atoms with Crippen molar-refractivity contribution >= 4 is 16.8 Å². The minimum atomic E-state index is -4.87. The molecule has 0 aliphatic heterocycles. The fourth-order valence-electron chi connectivity index (χ4n) is 1.11. The molecule has 0 spiro atoms. The molecule has 94 valence electrons. The molecule has 4 nitrogen and oxygen atoms in total. The van der Waals surface area contributed by atoms with E-state index >= 15 is 0 Å². The van der Waals surface area contributed by atoms with Gasteiger partial charge < -0.3 is 9.47 Å². The number of aromatic nitrogens is 1. The normalized spacial score (nSPS) is 11.2. The quantitative estimate of drug-likeness (QED) is 0.792. The summed E-state index contributed by atoms with van der Waals surface area (Å²) in [5.74, 6) is -1.09. The van der Waals surface area contributed by atoms with Gasteiger partial charge in [-0.15, -0.1) is 13.2 Å². The monoisotopic (exact) mass is 269 g/mol. The molecule has 8 heteroatoms. The highest BCUT2D eigenvalue weighted by Gasteiger charge is 2.33. The van der Waals surface area contributed by atoms with E-state index in [0.717, 1.165) is 13.2 Å². The second kappa shape index (κ2) is 4.79. The van der Waals surface area contributed by atoms with Gasteiger partial charge in [-0.05, 0) is 30.2 Å². The van der Waals surface area contributed by atoms with E-state index in [9.17, 15) is 18.0 Å². The Morgan fingerprint density at radius 3 is 2.47 bits per heavy atom. The number of alkyl halides is 3. The van der Waals surface area contributed by atoms with Crippen LogP contribution in [0.25, 0.3) is 0 Å². The number of carbonyl (C=O) groups is 1. The zero-order chi connectivity index (χ0) is 13.2. The number of pyridine rings is 1. The third kappa shape index (κ3) is 3.48. The van der Waals surface area contributed by atoms with Crippen molar-refractivity contribution in [2.75, 3.05) is 7.11 Å². The molecule has 1 heterocycles. The van der Waals surface area contributed by atoms with Gasteiger partial charge in [0.05, 0.1) is 7.11 Å². The number of ether oxygens (including phenoxy) is 2. The fourth-order valence-corrected chi connectivity index (χ4v) is 1.31. The lowest BCUT2D eigenvalue weighted by Crippen LogP contribution is -2.18. The molecule has 1 aromatic heterocycles. The molecule has 0 N–H and O–H groups in total. The third-order valence-corrected chi connectivity index (χ3v) is 1.93. The molecule has 0 atom stereocenters. The summed E-state index contributed by atoms with van der Waals surface area (Å²) in [6, 6.07) is 0.981. The van der Waals surface area contributed by atoms with E-state index in [0.29, 0.717) is 0 Å². The van der Waals surface area contributed by atoms with Crippen LogP contribution >= 0.6 is 11.6 Å². The van der Waals surface area contributed by atoms with Crippen LogP contribution in [0.3, 0.4) is 0 Å². The summed E-state index contributed by atoms with van der Waals surface area (Å²) in [7, 11) is 1.10. The first-order valence-electron chi connectivity index (χ1n) is 4.26. The first-order chi connectivity index (χ1) is 7.74. The van der Waals surface area contributed by atoms with Crippen LogP contribution in [0.5, 0.6) is 11.6 Å². The standard InChI is InChI=1S/C9H7ClF3NO3/c1-4-3-5(17-9(11,12)13)8(16-2)14-6(4)7(10)15/h3H,1-2H3. The molecule has 0 amide bonds. The lowest BCUT2D eigenvalue weighted by Gasteiger charge is -2.13. The second-order valence-electron chi connectivity index (χ2n) is 2.98. The zero-order valence-corrected chi connectivity index (χ0v) is 9.52. The van der Waals surface area contributed by atoms with E-state index in [4.69, 9.17) is 11.6 Å². The van der Waals surface area contributed by atoms with E-state index in [1.165, 1.54) is 6.92 Å². The van der Waals surface area contributed by atoms with Crippen LogP contribution in [0.4, 0.5) is 13.2 Å². The highest BCUT2D eigenvalue weighted by atomic mass is 35.5. The van der Waals surface area contributed by atoms with Gasteiger partial charge in [-0.3, -0.25) is 4.79 Å². The molecule has 17 heavy (non-hydrogen) atoms. The summed E-state index contributed by atoms with van der Waals surface area (Å²) in [5, 5.41) is -0.889. The fraction of sp³-hybridized carbons (Fsp3) is 0.333. The smallest absolute Gasteiger partial charge is 0.478 e. The first-order valence-corrected chi connectivity index (χ1v) is 4.63. The minimum Gasteiger partial charge on any atom is -0.478 e. The zero-order valence-electron chi connectivity index (χ0n) is 8.76. The van der Waals surface area contributed by atoms with Gasteiger partial charge in [0.1, 0.15) is 5.69 Å². The molecular formula is C9H7ClF3NO3. The number of aryl methyl sites for hydroxylation is 1. The number of carbonyl (C=O) groups excluding carboxylic acids is 1. The van der Waals surface area contributed by atoms with Gasteiger partial charge in [-0.25, -0.2) is 4.98 Å². The van der Waals surface area contributed by atoms with Crippen LogP contribution in [0, 0.1) is 6.92 Å². The van der Waals surface area contributed by atoms with Gasteiger partial charge in [0.2, 0.25) is 0 Å². The number of rotatable bonds is 3. The predicted octanol–water partition coefficient (Wildman–Crippen LogP) is 2.68. The Labute approximate surface area is 99.3 Å². The van der Waals surface area contributed by atoms with Gasteiger partial charge in [-0.1, -0.05) is 0 Å². The Morgan fingerprint density at radius 2 is 2.06 bits per heavy atom. The molecule has 0 saturated heterocycles. The van der Waals surface area contributed by atoms with Gasteiger partial charge in [-0.2, -0.15) is 0 Å². The van der Waals surface area contributed by atoms with E-state index < -0.39 is 23.2 Å². The van der Waals surface area contributed by atoms with Crippen LogP contribution in [0.1, 0.15) is 16.1 Å². The van der Waals surface area contributed by atoms with E-state index in [1.807, 2.05) is 0 Å². The number of hydrogen-bond donors (Lipinski definition) is 0. The molecule has 0 aliphatic carbocycles. The minimum absolute atomic E-state index is 0.157. The van der Waals surface area contributed by atoms with Crippen LogP contribution in [0.15, 0.2) is 6.07 Å². The summed E-state index contributed by atoms with van der Waals surface area (Å²) in [6.07, 6.45) is -4.87. The van der Waals surface area contributed by atoms with Gasteiger partial charge in [0, 0.05) is 0 Å². The summed E-state index contributed by atoms with van der Waals surface area (Å²) in [6.45, 7) is 1.38. The van der Waals surface area contributed by atoms with Crippen molar-refractivity contribution in [2.24, 2.45) is 0 Å². The number of hydrogen-bond acceptors (Lipinski definition) is 4. The first kappa shape index (κ1) is 13.6. The van der Waals surface area contributed by atoms with E-state index in [1.54, 1.807) is 0 Å². The highest BCUT2D eigenvalue weighted by Crippen LogP contribution is 2.32. The second-order valence-corrected chi connectivity index (χ2v) is 3.33. The molecule has 0 aromatic carbocycles. The van der Waals surface area contributed by atoms with Crippen molar-refractivity contribution in [1.29, 1.82) is 0 Å². The average Bonchev–Trinajstić information content (AvgIpc) is 2.14. The number of halogens is 4. The number of nitrogens with zero attached hydrogens (tertiary/aromatic N) is 1. The average molecular weight is 270 g/mol. The third-order valence-electron chi connectivity index (χ3n) is 1.75. The maximum atomic E-state index is 12.0. The maximum Gasteiger partial charge on any atom is 0.573 e. The largest absolute Gasteiger partial charge is 0.573 e. The lowest BCUT2D eigenvalue weighted by atomic mass is 10.2. The molecule has 0 saturated carbocycles. The Balaban J connectivity index is 3.24. The summed E-state index contributed by atoms with van der Waals surface area (Å²) in [4.78, 5) is 14.5. The molecule has 1 aromatic rings. The molecule has 0 radical (unpaired) electrons. The topological polar surface area (TPSA) is 48.4 Å². The van der Waals surface area contributed by atoms with Crippen LogP contribution in [-0.4, -0.2) is 23.7 Å². The van der Waals surface area contributed by atoms with Gasteiger partial charge in [0.15, 0.2) is 5.75 Å². The van der Waals surface area contributed by atoms with E-state index in [-0.39, 0.29) is 11.3 Å². The van der Waals surface area contributed by atoms with Crippen LogP contribution in [-0.2, 0) is 0 Å². The maximum absolute atomic E-state index is 12.0. The summed E-state index contributed by atoms with van der Waals surface area (Å²) >= 11 is 5.20. The van der Waals surface area contributed by atoms with Crippen molar-refractivity contribution in [2.45, 2.75) is 13.3 Å². The van der Waals surface area contributed by atoms with Crippen molar-refractivity contribution in [3.63, 3.8) is 0 Å². The Morgan fingerprint density at radius 1 is 1.47 bits per heavy atom. The summed E-state index contributed by atoms with van der Waals surface area (Å²) < 4.78 is 44.4. The van der Waals surface area contributed by atoms with Gasteiger partial charge >= 0.3 is 6.36 Å². The highest BCUT2D eigenvalue weighted by molar-refractivity contribution is 6.67. The lowest BCUT2D eigenvalue weighted by molar-refractivity contribution is -0.275. The molecule has 0 bridgehead atoms. The predicted molar refractivity (Wildman–Crippen MR) is 52.4 cm³/mol. The Bertz CT molecular complexity index is 448. The molecule has 0 fully saturated rings. The Kier molecular flexibility index (Phi) is 3.82. The molecule has 0 aliphatic rings. The summed E-state index contributed by atoms with van der Waals surface area (Å²) in [5.41, 5.74) is -0.0249.